The second kappa shape index (κ2) is 3.73. The van der Waals surface area contributed by atoms with E-state index in [4.69, 9.17) is 6.42 Å². The number of rotatable bonds is 2. The summed E-state index contributed by atoms with van der Waals surface area (Å²) >= 11 is 0. The highest BCUT2D eigenvalue weighted by molar-refractivity contribution is 5.96. The summed E-state index contributed by atoms with van der Waals surface area (Å²) in [7, 11) is 0. The molecule has 1 rings (SSSR count). The highest BCUT2D eigenvalue weighted by atomic mass is 16.1. The van der Waals surface area contributed by atoms with E-state index in [2.05, 4.69) is 5.92 Å². The van der Waals surface area contributed by atoms with E-state index in [0.29, 0.717) is 6.42 Å². The zero-order valence-corrected chi connectivity index (χ0v) is 7.00. The largest absolute Gasteiger partial charge is 0.285 e. The van der Waals surface area contributed by atoms with E-state index in [-0.39, 0.29) is 5.78 Å². The van der Waals surface area contributed by atoms with Crippen molar-refractivity contribution in [3.05, 3.63) is 35.4 Å². The minimum absolute atomic E-state index is 0.163. The van der Waals surface area contributed by atoms with Gasteiger partial charge >= 0.3 is 0 Å². The van der Waals surface area contributed by atoms with Crippen LogP contribution in [0.3, 0.4) is 0 Å². The molecule has 0 aliphatic carbocycles. The zero-order chi connectivity index (χ0) is 8.97. The van der Waals surface area contributed by atoms with Gasteiger partial charge in [-0.3, -0.25) is 4.79 Å². The standard InChI is InChI=1S/C11H10O/c1-3-11(12)8-10-7-5-4-6-9(10)2/h1,4-7H,8H2,2H3. The van der Waals surface area contributed by atoms with Crippen LogP contribution in [0, 0.1) is 19.3 Å². The highest BCUT2D eigenvalue weighted by Gasteiger charge is 2.01. The maximum Gasteiger partial charge on any atom is 0.209 e. The normalized spacial score (nSPS) is 9.00. The predicted molar refractivity (Wildman–Crippen MR) is 48.7 cm³/mol. The maximum atomic E-state index is 10.9. The van der Waals surface area contributed by atoms with Gasteiger partial charge in [-0.15, -0.1) is 6.42 Å². The molecule has 0 radical (unpaired) electrons. The number of ketones is 1. The lowest BCUT2D eigenvalue weighted by Crippen LogP contribution is -1.99. The number of carbonyl (C=O) groups excluding carboxylic acids is 1. The molecule has 1 heteroatoms. The lowest BCUT2D eigenvalue weighted by atomic mass is 10.0. The minimum atomic E-state index is -0.163. The second-order valence-corrected chi connectivity index (χ2v) is 2.67. The summed E-state index contributed by atoms with van der Waals surface area (Å²) in [6.07, 6.45) is 5.32. The van der Waals surface area contributed by atoms with Crippen LogP contribution in [-0.4, -0.2) is 5.78 Å². The van der Waals surface area contributed by atoms with Crippen molar-refractivity contribution in [1.29, 1.82) is 0 Å². The lowest BCUT2D eigenvalue weighted by Gasteiger charge is -2.00. The molecule has 1 aromatic rings. The summed E-state index contributed by atoms with van der Waals surface area (Å²) in [5.41, 5.74) is 2.13. The Hall–Kier alpha value is -1.55. The van der Waals surface area contributed by atoms with Crippen LogP contribution in [0.1, 0.15) is 11.1 Å². The van der Waals surface area contributed by atoms with Crippen molar-refractivity contribution in [3.63, 3.8) is 0 Å². The first-order valence-corrected chi connectivity index (χ1v) is 3.78. The number of Topliss-reactive ketones (excluding diaryl/α,β-unsaturated/α-hetero) is 1. The Balaban J connectivity index is 2.84. The number of terminal acetylenes is 1. The Labute approximate surface area is 72.4 Å². The van der Waals surface area contributed by atoms with Crippen LogP contribution in [0.4, 0.5) is 0 Å². The van der Waals surface area contributed by atoms with Crippen molar-refractivity contribution in [2.45, 2.75) is 13.3 Å². The molecule has 0 spiro atoms. The lowest BCUT2D eigenvalue weighted by molar-refractivity contribution is -0.113. The SMILES string of the molecule is C#CC(=O)Cc1ccccc1C. The Morgan fingerprint density at radius 2 is 2.17 bits per heavy atom. The molecule has 0 amide bonds. The molecule has 12 heavy (non-hydrogen) atoms. The predicted octanol–water partition coefficient (Wildman–Crippen LogP) is 1.74. The van der Waals surface area contributed by atoms with Gasteiger partial charge in [0.15, 0.2) is 0 Å². The quantitative estimate of drug-likeness (QED) is 0.473. The smallest absolute Gasteiger partial charge is 0.209 e. The van der Waals surface area contributed by atoms with Gasteiger partial charge in [0, 0.05) is 6.42 Å². The Kier molecular flexibility index (Phi) is 2.66. The van der Waals surface area contributed by atoms with Gasteiger partial charge < -0.3 is 0 Å². The fourth-order valence-corrected chi connectivity index (χ4v) is 1.03. The van der Waals surface area contributed by atoms with E-state index >= 15 is 0 Å². The topological polar surface area (TPSA) is 17.1 Å². The number of hydrogen-bond donors (Lipinski definition) is 0. The van der Waals surface area contributed by atoms with Crippen molar-refractivity contribution >= 4 is 5.78 Å². The summed E-state index contributed by atoms with van der Waals surface area (Å²) < 4.78 is 0. The van der Waals surface area contributed by atoms with E-state index in [1.807, 2.05) is 31.2 Å². The fraction of sp³-hybridized carbons (Fsp3) is 0.182. The summed E-state index contributed by atoms with van der Waals surface area (Å²) in [5, 5.41) is 0. The molecule has 0 bridgehead atoms. The molecule has 0 aliphatic rings. The molecule has 1 nitrogen and oxygen atoms in total. The number of carbonyl (C=O) groups is 1. The number of aryl methyl sites for hydroxylation is 1. The van der Waals surface area contributed by atoms with Crippen LogP contribution in [0.25, 0.3) is 0 Å². The van der Waals surface area contributed by atoms with Gasteiger partial charge in [-0.1, -0.05) is 24.3 Å². The zero-order valence-electron chi connectivity index (χ0n) is 7.00. The van der Waals surface area contributed by atoms with Crippen molar-refractivity contribution in [1.82, 2.24) is 0 Å². The number of benzene rings is 1. The van der Waals surface area contributed by atoms with Crippen LogP contribution in [0.15, 0.2) is 24.3 Å². The Bertz CT molecular complexity index is 331. The van der Waals surface area contributed by atoms with E-state index in [0.717, 1.165) is 11.1 Å². The fourth-order valence-electron chi connectivity index (χ4n) is 1.03. The molecule has 0 unspecified atom stereocenters. The number of hydrogen-bond acceptors (Lipinski definition) is 1. The summed E-state index contributed by atoms with van der Waals surface area (Å²) in [6.45, 7) is 1.97. The van der Waals surface area contributed by atoms with Gasteiger partial charge in [0.1, 0.15) is 0 Å². The first-order chi connectivity index (χ1) is 5.74. The average Bonchev–Trinajstić information content (AvgIpc) is 2.09. The van der Waals surface area contributed by atoms with Gasteiger partial charge in [0.25, 0.3) is 0 Å². The highest BCUT2D eigenvalue weighted by Crippen LogP contribution is 2.07. The van der Waals surface area contributed by atoms with Gasteiger partial charge in [-0.05, 0) is 24.0 Å². The molecule has 0 fully saturated rings. The van der Waals surface area contributed by atoms with Crippen LogP contribution < -0.4 is 0 Å². The Morgan fingerprint density at radius 3 is 2.75 bits per heavy atom. The van der Waals surface area contributed by atoms with Crippen molar-refractivity contribution in [2.75, 3.05) is 0 Å². The molecule has 0 N–H and O–H groups in total. The van der Waals surface area contributed by atoms with Crippen molar-refractivity contribution < 1.29 is 4.79 Å². The molecule has 0 heterocycles. The molecule has 0 saturated carbocycles. The van der Waals surface area contributed by atoms with Crippen LogP contribution >= 0.6 is 0 Å². The van der Waals surface area contributed by atoms with E-state index < -0.39 is 0 Å². The second-order valence-electron chi connectivity index (χ2n) is 2.67. The third kappa shape index (κ3) is 1.96. The molecule has 1 aromatic carbocycles. The van der Waals surface area contributed by atoms with E-state index in [1.165, 1.54) is 0 Å². The maximum absolute atomic E-state index is 10.9. The van der Waals surface area contributed by atoms with Crippen molar-refractivity contribution in [3.8, 4) is 12.3 Å². The van der Waals surface area contributed by atoms with E-state index in [1.54, 1.807) is 0 Å². The average molecular weight is 158 g/mol. The third-order valence-corrected chi connectivity index (χ3v) is 1.77. The summed E-state index contributed by atoms with van der Waals surface area (Å²) in [5.74, 6) is 1.94. The van der Waals surface area contributed by atoms with Crippen LogP contribution in [-0.2, 0) is 11.2 Å². The van der Waals surface area contributed by atoms with Crippen LogP contribution in [0.5, 0.6) is 0 Å². The molecule has 0 atom stereocenters. The van der Waals surface area contributed by atoms with Gasteiger partial charge in [-0.2, -0.15) is 0 Å². The first-order valence-electron chi connectivity index (χ1n) is 3.78. The van der Waals surface area contributed by atoms with Crippen molar-refractivity contribution in [2.24, 2.45) is 0 Å². The Morgan fingerprint density at radius 1 is 1.50 bits per heavy atom. The van der Waals surface area contributed by atoms with E-state index in [9.17, 15) is 4.79 Å². The van der Waals surface area contributed by atoms with Gasteiger partial charge in [-0.25, -0.2) is 0 Å². The minimum Gasteiger partial charge on any atom is -0.285 e. The monoisotopic (exact) mass is 158 g/mol. The van der Waals surface area contributed by atoms with Gasteiger partial charge in [0.2, 0.25) is 5.78 Å². The van der Waals surface area contributed by atoms with Crippen LogP contribution in [0.2, 0.25) is 0 Å². The first kappa shape index (κ1) is 8.55. The summed E-state index contributed by atoms with van der Waals surface area (Å²) in [6, 6.07) is 7.75. The molecular weight excluding hydrogens is 148 g/mol. The van der Waals surface area contributed by atoms with Gasteiger partial charge in [0.05, 0.1) is 0 Å². The molecule has 0 saturated heterocycles. The molecule has 0 aromatic heterocycles. The molecular formula is C11H10O. The summed E-state index contributed by atoms with van der Waals surface area (Å²) in [4.78, 5) is 10.9. The molecule has 60 valence electrons. The third-order valence-electron chi connectivity index (χ3n) is 1.77. The molecule has 0 aliphatic heterocycles.